The van der Waals surface area contributed by atoms with Crippen molar-refractivity contribution in [3.05, 3.63) is 24.0 Å². The van der Waals surface area contributed by atoms with E-state index >= 15 is 0 Å². The van der Waals surface area contributed by atoms with Gasteiger partial charge in [0.1, 0.15) is 0 Å². The molecule has 0 aromatic carbocycles. The molecular formula is C12H17N3O3. The SMILES string of the molecule is Cc1ccncc1NC(=O)NCCC(C)C(=O)O. The van der Waals surface area contributed by atoms with E-state index in [0.29, 0.717) is 18.7 Å². The number of urea groups is 1. The molecule has 0 aliphatic carbocycles. The van der Waals surface area contributed by atoms with E-state index in [9.17, 15) is 9.59 Å². The molecule has 0 spiro atoms. The molecule has 1 atom stereocenters. The molecule has 1 rings (SSSR count). The molecule has 6 nitrogen and oxygen atoms in total. The number of hydrogen-bond acceptors (Lipinski definition) is 3. The zero-order valence-corrected chi connectivity index (χ0v) is 10.4. The number of aromatic nitrogens is 1. The van der Waals surface area contributed by atoms with Crippen molar-refractivity contribution in [3.63, 3.8) is 0 Å². The molecule has 1 aromatic heterocycles. The highest BCUT2D eigenvalue weighted by atomic mass is 16.4. The number of nitrogens with zero attached hydrogens (tertiary/aromatic N) is 1. The number of carboxylic acids is 1. The van der Waals surface area contributed by atoms with Crippen LogP contribution in [0.15, 0.2) is 18.5 Å². The van der Waals surface area contributed by atoms with Gasteiger partial charge in [-0.25, -0.2) is 4.79 Å². The fraction of sp³-hybridized carbons (Fsp3) is 0.417. The number of hydrogen-bond donors (Lipinski definition) is 3. The van der Waals surface area contributed by atoms with Gasteiger partial charge in [0.2, 0.25) is 0 Å². The summed E-state index contributed by atoms with van der Waals surface area (Å²) in [5.74, 6) is -1.33. The summed E-state index contributed by atoms with van der Waals surface area (Å²) in [6.45, 7) is 3.79. The molecule has 0 aliphatic rings. The molecule has 1 aromatic rings. The summed E-state index contributed by atoms with van der Waals surface area (Å²) in [7, 11) is 0. The van der Waals surface area contributed by atoms with Gasteiger partial charge in [-0.2, -0.15) is 0 Å². The van der Waals surface area contributed by atoms with E-state index in [2.05, 4.69) is 15.6 Å². The van der Waals surface area contributed by atoms with Crippen molar-refractivity contribution >= 4 is 17.7 Å². The molecule has 3 N–H and O–H groups in total. The quantitative estimate of drug-likeness (QED) is 0.741. The maximum absolute atomic E-state index is 11.5. The Morgan fingerprint density at radius 1 is 1.50 bits per heavy atom. The Kier molecular flexibility index (Phi) is 5.10. The number of amides is 2. The Balaban J connectivity index is 2.35. The summed E-state index contributed by atoms with van der Waals surface area (Å²) < 4.78 is 0. The van der Waals surface area contributed by atoms with Gasteiger partial charge in [-0.1, -0.05) is 6.92 Å². The van der Waals surface area contributed by atoms with Gasteiger partial charge in [-0.15, -0.1) is 0 Å². The molecule has 0 aliphatic heterocycles. The molecule has 0 radical (unpaired) electrons. The maximum atomic E-state index is 11.5. The Morgan fingerprint density at radius 3 is 2.83 bits per heavy atom. The average Bonchev–Trinajstić information content (AvgIpc) is 2.32. The van der Waals surface area contributed by atoms with E-state index in [4.69, 9.17) is 5.11 Å². The number of aliphatic carboxylic acids is 1. The lowest BCUT2D eigenvalue weighted by Gasteiger charge is -2.10. The topological polar surface area (TPSA) is 91.3 Å². The predicted molar refractivity (Wildman–Crippen MR) is 67.4 cm³/mol. The number of carbonyl (C=O) groups excluding carboxylic acids is 1. The Hall–Kier alpha value is -2.11. The van der Waals surface area contributed by atoms with Gasteiger partial charge in [0.25, 0.3) is 0 Å². The van der Waals surface area contributed by atoms with Gasteiger partial charge in [-0.3, -0.25) is 9.78 Å². The van der Waals surface area contributed by atoms with Crippen LogP contribution in [0.3, 0.4) is 0 Å². The summed E-state index contributed by atoms with van der Waals surface area (Å²) in [6.07, 6.45) is 3.61. The van der Waals surface area contributed by atoms with Crippen LogP contribution in [0.5, 0.6) is 0 Å². The number of carboxylic acid groups (broad SMARTS) is 1. The van der Waals surface area contributed by atoms with Crippen LogP contribution in [0.1, 0.15) is 18.9 Å². The molecule has 0 saturated heterocycles. The number of aryl methyl sites for hydroxylation is 1. The molecular weight excluding hydrogens is 234 g/mol. The molecule has 1 unspecified atom stereocenters. The lowest BCUT2D eigenvalue weighted by atomic mass is 10.1. The lowest BCUT2D eigenvalue weighted by Crippen LogP contribution is -2.31. The van der Waals surface area contributed by atoms with Crippen molar-refractivity contribution in [1.29, 1.82) is 0 Å². The Labute approximate surface area is 105 Å². The van der Waals surface area contributed by atoms with Crippen molar-refractivity contribution in [1.82, 2.24) is 10.3 Å². The van der Waals surface area contributed by atoms with Crippen molar-refractivity contribution in [2.45, 2.75) is 20.3 Å². The first-order valence-electron chi connectivity index (χ1n) is 5.69. The number of pyridine rings is 1. The Bertz CT molecular complexity index is 434. The number of carbonyl (C=O) groups is 2. The van der Waals surface area contributed by atoms with E-state index in [1.165, 1.54) is 0 Å². The van der Waals surface area contributed by atoms with Crippen LogP contribution in [-0.4, -0.2) is 28.6 Å². The van der Waals surface area contributed by atoms with Gasteiger partial charge >= 0.3 is 12.0 Å². The molecule has 98 valence electrons. The zero-order chi connectivity index (χ0) is 13.5. The minimum Gasteiger partial charge on any atom is -0.481 e. The van der Waals surface area contributed by atoms with Gasteiger partial charge in [0.15, 0.2) is 0 Å². The second-order valence-corrected chi connectivity index (χ2v) is 4.10. The predicted octanol–water partition coefficient (Wildman–Crippen LogP) is 1.62. The normalized spacial score (nSPS) is 11.7. The fourth-order valence-electron chi connectivity index (χ4n) is 1.29. The first-order valence-corrected chi connectivity index (χ1v) is 5.69. The van der Waals surface area contributed by atoms with Crippen LogP contribution >= 0.6 is 0 Å². The van der Waals surface area contributed by atoms with Gasteiger partial charge < -0.3 is 15.7 Å². The summed E-state index contributed by atoms with van der Waals surface area (Å²) in [5.41, 5.74) is 1.56. The van der Waals surface area contributed by atoms with Crippen LogP contribution in [0, 0.1) is 12.8 Å². The van der Waals surface area contributed by atoms with Crippen molar-refractivity contribution < 1.29 is 14.7 Å². The molecule has 18 heavy (non-hydrogen) atoms. The van der Waals surface area contributed by atoms with Crippen molar-refractivity contribution in [2.24, 2.45) is 5.92 Å². The van der Waals surface area contributed by atoms with E-state index < -0.39 is 11.9 Å². The van der Waals surface area contributed by atoms with E-state index in [0.717, 1.165) is 5.56 Å². The molecule has 1 heterocycles. The molecule has 0 fully saturated rings. The number of rotatable bonds is 5. The van der Waals surface area contributed by atoms with Crippen LogP contribution < -0.4 is 10.6 Å². The first-order chi connectivity index (χ1) is 8.50. The number of anilines is 1. The minimum absolute atomic E-state index is 0.318. The summed E-state index contributed by atoms with van der Waals surface area (Å²) in [5, 5.41) is 13.9. The maximum Gasteiger partial charge on any atom is 0.319 e. The highest BCUT2D eigenvalue weighted by Gasteiger charge is 2.11. The average molecular weight is 251 g/mol. The minimum atomic E-state index is -0.861. The molecule has 0 saturated carbocycles. The highest BCUT2D eigenvalue weighted by Crippen LogP contribution is 2.10. The largest absolute Gasteiger partial charge is 0.481 e. The summed E-state index contributed by atoms with van der Waals surface area (Å²) in [4.78, 5) is 26.0. The van der Waals surface area contributed by atoms with Crippen LogP contribution in [-0.2, 0) is 4.79 Å². The summed E-state index contributed by atoms with van der Waals surface area (Å²) in [6, 6.07) is 1.44. The molecule has 6 heteroatoms. The van der Waals surface area contributed by atoms with E-state index in [1.807, 2.05) is 6.92 Å². The van der Waals surface area contributed by atoms with E-state index in [-0.39, 0.29) is 6.03 Å². The second-order valence-electron chi connectivity index (χ2n) is 4.10. The smallest absolute Gasteiger partial charge is 0.319 e. The summed E-state index contributed by atoms with van der Waals surface area (Å²) >= 11 is 0. The third-order valence-electron chi connectivity index (χ3n) is 2.57. The first kappa shape index (κ1) is 14.0. The number of nitrogens with one attached hydrogen (secondary N) is 2. The fourth-order valence-corrected chi connectivity index (χ4v) is 1.29. The van der Waals surface area contributed by atoms with Gasteiger partial charge in [0, 0.05) is 12.7 Å². The molecule has 0 bridgehead atoms. The van der Waals surface area contributed by atoms with E-state index in [1.54, 1.807) is 25.4 Å². The highest BCUT2D eigenvalue weighted by molar-refractivity contribution is 5.89. The van der Waals surface area contributed by atoms with Crippen LogP contribution in [0.4, 0.5) is 10.5 Å². The monoisotopic (exact) mass is 251 g/mol. The Morgan fingerprint density at radius 2 is 2.22 bits per heavy atom. The van der Waals surface area contributed by atoms with Gasteiger partial charge in [0.05, 0.1) is 17.8 Å². The second kappa shape index (κ2) is 6.58. The van der Waals surface area contributed by atoms with Crippen LogP contribution in [0.2, 0.25) is 0 Å². The van der Waals surface area contributed by atoms with Crippen LogP contribution in [0.25, 0.3) is 0 Å². The third-order valence-corrected chi connectivity index (χ3v) is 2.57. The van der Waals surface area contributed by atoms with Gasteiger partial charge in [-0.05, 0) is 25.0 Å². The molecule has 2 amide bonds. The van der Waals surface area contributed by atoms with Crippen molar-refractivity contribution in [2.75, 3.05) is 11.9 Å². The third kappa shape index (κ3) is 4.40. The van der Waals surface area contributed by atoms with Crippen molar-refractivity contribution in [3.8, 4) is 0 Å². The standard InChI is InChI=1S/C12H17N3O3/c1-8-3-5-13-7-10(8)15-12(18)14-6-4-9(2)11(16)17/h3,5,7,9H,4,6H2,1-2H3,(H,16,17)(H2,14,15,18). The zero-order valence-electron chi connectivity index (χ0n) is 10.4. The lowest BCUT2D eigenvalue weighted by molar-refractivity contribution is -0.141.